The van der Waals surface area contributed by atoms with Crippen LogP contribution in [-0.4, -0.2) is 95.5 Å². The van der Waals surface area contributed by atoms with E-state index in [4.69, 9.17) is 28.4 Å². The summed E-state index contributed by atoms with van der Waals surface area (Å²) >= 11 is 0. The Kier molecular flexibility index (Phi) is 45.7. The average molecular weight is 1860 g/mol. The standard InChI is InChI=1S/C30H52N2O2.C28H48N2O2.C27H38N2O3.C15H20N2O2.C14H20N2O2/c1-23(2)11-7-12-24(3)13-8-14-25(4)15-9-16-26(5)19-20-34-29-18-10-17-28(21-29)32-22-27(6)30(33)31-32;1-20(16-27(4,5)6)13-14-23(21(2)17-28(7,8)9)19-32-25-12-10-11-24(15-25)30-18-22(3)26(31)29-30;1-8-26(4,5)20-13-14-24(23(15-20)27(6,7)9-2)32-18-31-22-12-10-11-21(16-22)29-17-19(3)25(30)28-29;1-3-4-5-10-19-14-8-6-13(7-9-14)17-11-12(2)15(18)16-17;1-10(2)9-18-13-6-4-5-12(7-13)16-8-11(3)14(17)15-16/h10,17-18,21,23-27H,7-9,11-16,19-20,22H2,1-6H3,(H,31,33);10-12,15,20-23H,13-14,16-19H2,1-9H3,(H,29,31);10-16,19H,8-9,17-18H2,1-7H3,(H,28,30);4-9,12H,3,10-11H2,1-2H3,(H,16,18);4-7,10-11H,8-9H2,1-3H3,(H,15,17). The molecular weight excluding hydrogens is 1690 g/mol. The van der Waals surface area contributed by atoms with Gasteiger partial charge in [0, 0.05) is 29.8 Å². The predicted molar refractivity (Wildman–Crippen MR) is 559 cm³/mol. The van der Waals surface area contributed by atoms with E-state index in [1.165, 1.54) is 94.6 Å². The number of amides is 5. The highest BCUT2D eigenvalue weighted by molar-refractivity contribution is 5.86. The number of hydrogen-bond acceptors (Lipinski definition) is 16. The molecule has 11 unspecified atom stereocenters. The molecule has 0 radical (unpaired) electrons. The van der Waals surface area contributed by atoms with Crippen molar-refractivity contribution in [3.05, 3.63) is 163 Å². The number of hydrogen-bond donors (Lipinski definition) is 5. The Morgan fingerprint density at radius 1 is 0.356 bits per heavy atom. The molecule has 6 aromatic rings. The molecule has 5 aliphatic rings. The molecule has 21 heteroatoms. The molecule has 0 spiro atoms. The van der Waals surface area contributed by atoms with Crippen molar-refractivity contribution in [2.24, 2.45) is 87.8 Å². The first-order valence-corrected chi connectivity index (χ1v) is 51.3. The van der Waals surface area contributed by atoms with Crippen molar-refractivity contribution in [2.45, 2.75) is 307 Å². The molecule has 135 heavy (non-hydrogen) atoms. The first kappa shape index (κ1) is 112. The minimum absolute atomic E-state index is 0.000263. The maximum atomic E-state index is 11.9. The summed E-state index contributed by atoms with van der Waals surface area (Å²) in [5, 5.41) is 9.44. The second-order valence-corrected chi connectivity index (χ2v) is 44.3. The molecule has 5 amide bonds. The molecule has 5 saturated heterocycles. The summed E-state index contributed by atoms with van der Waals surface area (Å²) < 4.78 is 35.7. The Hall–Kier alpha value is -9.79. The monoisotopic (exact) mass is 1860 g/mol. The van der Waals surface area contributed by atoms with Gasteiger partial charge in [0.2, 0.25) is 36.3 Å². The van der Waals surface area contributed by atoms with Crippen molar-refractivity contribution in [3.8, 4) is 34.5 Å². The van der Waals surface area contributed by atoms with Gasteiger partial charge in [-0.1, -0.05) is 300 Å². The van der Waals surface area contributed by atoms with Crippen molar-refractivity contribution in [1.82, 2.24) is 27.1 Å². The van der Waals surface area contributed by atoms with E-state index in [9.17, 15) is 24.0 Å². The SMILES string of the molecule is CC(C)CCCC(C)CCCC(C)CCCC(C)CCOc1cccc(N2CC(C)C(=O)N2)c1.CC(C)COc1cccc(N2CC(C)C(=O)N2)c1.CC(CCC(COc1cccc(N2CC(C)C(=O)N2)c1)C(C)CC(C)(C)C)CC(C)(C)C.CCC(C)(C)c1ccc(OCOc2cccc(N3CC(C)C(=O)N3)c2)c(C(C)(C)CC)c1.CCC=CCOc1ccc(N2CC(C)C(=O)N2)cc1. The normalized spacial score (nSPS) is 18.7. The second kappa shape index (κ2) is 55.0. The molecule has 6 aromatic carbocycles. The fourth-order valence-corrected chi connectivity index (χ4v) is 17.4. The van der Waals surface area contributed by atoms with Gasteiger partial charge >= 0.3 is 0 Å². The molecule has 5 N–H and O–H groups in total. The lowest BCUT2D eigenvalue weighted by Crippen LogP contribution is -2.32. The van der Waals surface area contributed by atoms with Crippen LogP contribution in [0.5, 0.6) is 34.5 Å². The topological polar surface area (TPSA) is 217 Å². The smallest absolute Gasteiger partial charge is 0.243 e. The van der Waals surface area contributed by atoms with Crippen molar-refractivity contribution in [1.29, 1.82) is 0 Å². The summed E-state index contributed by atoms with van der Waals surface area (Å²) in [4.78, 5) is 58.4. The summed E-state index contributed by atoms with van der Waals surface area (Å²) in [7, 11) is 0. The number of carbonyl (C=O) groups excluding carboxylic acids is 5. The van der Waals surface area contributed by atoms with Gasteiger partial charge in [-0.05, 0) is 198 Å². The van der Waals surface area contributed by atoms with Gasteiger partial charge in [0.15, 0.2) is 0 Å². The van der Waals surface area contributed by atoms with E-state index < -0.39 is 0 Å². The number of allylic oxidation sites excluding steroid dienone is 1. The Bertz CT molecular complexity index is 4570. The molecule has 21 nitrogen and oxygen atoms in total. The number of hydrazine groups is 5. The molecule has 0 aliphatic carbocycles. The van der Waals surface area contributed by atoms with Crippen molar-refractivity contribution in [3.63, 3.8) is 0 Å². The number of benzene rings is 6. The van der Waals surface area contributed by atoms with Gasteiger partial charge in [0.05, 0.1) is 111 Å². The van der Waals surface area contributed by atoms with Gasteiger partial charge in [-0.3, -0.25) is 76.1 Å². The third-order valence-electron chi connectivity index (χ3n) is 26.8. The molecule has 5 aliphatic heterocycles. The minimum atomic E-state index is -0.0242. The lowest BCUT2D eigenvalue weighted by Gasteiger charge is -2.31. The average Bonchev–Trinajstić information content (AvgIpc) is 1.78. The molecule has 5 fully saturated rings. The van der Waals surface area contributed by atoms with Crippen LogP contribution < -0.4 is 80.6 Å². The van der Waals surface area contributed by atoms with Crippen LogP contribution in [0.1, 0.15) is 307 Å². The Morgan fingerprint density at radius 2 is 0.741 bits per heavy atom. The minimum Gasteiger partial charge on any atom is -0.494 e. The van der Waals surface area contributed by atoms with Crippen LogP contribution >= 0.6 is 0 Å². The molecule has 11 atom stereocenters. The highest BCUT2D eigenvalue weighted by atomic mass is 16.7. The van der Waals surface area contributed by atoms with Crippen molar-refractivity contribution in [2.75, 3.05) is 91.0 Å². The summed E-state index contributed by atoms with van der Waals surface area (Å²) in [6.45, 7) is 66.6. The highest BCUT2D eigenvalue weighted by Gasteiger charge is 2.34. The van der Waals surface area contributed by atoms with Gasteiger partial charge in [0.25, 0.3) is 0 Å². The lowest BCUT2D eigenvalue weighted by atomic mass is 9.76. The number of ether oxygens (including phenoxy) is 6. The van der Waals surface area contributed by atoms with Crippen LogP contribution in [0.3, 0.4) is 0 Å². The first-order valence-electron chi connectivity index (χ1n) is 51.3. The van der Waals surface area contributed by atoms with Crippen molar-refractivity contribution >= 4 is 58.0 Å². The fraction of sp³-hybridized carbons (Fsp3) is 0.623. The first-order chi connectivity index (χ1) is 63.8. The van der Waals surface area contributed by atoms with E-state index in [1.807, 2.05) is 187 Å². The number of nitrogens with zero attached hydrogens (tertiary/aromatic N) is 5. The molecule has 5 heterocycles. The Labute approximate surface area is 815 Å². The third-order valence-corrected chi connectivity index (χ3v) is 26.8. The number of rotatable bonds is 45. The molecule has 0 saturated carbocycles. The molecule has 0 aromatic heterocycles. The largest absolute Gasteiger partial charge is 0.494 e. The van der Waals surface area contributed by atoms with E-state index in [0.29, 0.717) is 86.2 Å². The van der Waals surface area contributed by atoms with Crippen LogP contribution in [0.15, 0.2) is 152 Å². The van der Waals surface area contributed by atoms with Gasteiger partial charge in [-0.15, -0.1) is 0 Å². The Balaban J connectivity index is 0.000000235. The lowest BCUT2D eigenvalue weighted by molar-refractivity contribution is -0.122. The van der Waals surface area contributed by atoms with Gasteiger partial charge in [0.1, 0.15) is 41.1 Å². The van der Waals surface area contributed by atoms with Crippen LogP contribution in [0.2, 0.25) is 0 Å². The summed E-state index contributed by atoms with van der Waals surface area (Å²) in [6, 6.07) is 46.0. The van der Waals surface area contributed by atoms with E-state index in [1.54, 1.807) is 0 Å². The van der Waals surface area contributed by atoms with Crippen LogP contribution in [0.25, 0.3) is 0 Å². The number of carbonyl (C=O) groups is 5. The van der Waals surface area contributed by atoms with Gasteiger partial charge in [-0.25, -0.2) is 0 Å². The molecule has 11 rings (SSSR count). The maximum absolute atomic E-state index is 11.9. The number of anilines is 5. The molecule has 0 bridgehead atoms. The summed E-state index contributed by atoms with van der Waals surface area (Å²) in [5.41, 5.74) is 22.6. The van der Waals surface area contributed by atoms with Gasteiger partial charge < -0.3 is 28.4 Å². The maximum Gasteiger partial charge on any atom is 0.243 e. The number of nitrogens with one attached hydrogen (secondary N) is 5. The zero-order chi connectivity index (χ0) is 99.3. The Morgan fingerprint density at radius 3 is 1.12 bits per heavy atom. The predicted octanol–water partition coefficient (Wildman–Crippen LogP) is 25.8. The van der Waals surface area contributed by atoms with Crippen LogP contribution in [0.4, 0.5) is 28.4 Å². The van der Waals surface area contributed by atoms with E-state index in [-0.39, 0.29) is 76.7 Å². The quantitative estimate of drug-likeness (QED) is 0.0177. The summed E-state index contributed by atoms with van der Waals surface area (Å²) in [6.07, 6.45) is 25.6. The highest BCUT2D eigenvalue weighted by Crippen LogP contribution is 2.41. The van der Waals surface area contributed by atoms with Gasteiger partial charge in [-0.2, -0.15) is 0 Å². The van der Waals surface area contributed by atoms with Crippen molar-refractivity contribution < 1.29 is 52.4 Å². The zero-order valence-corrected chi connectivity index (χ0v) is 88.3. The van der Waals surface area contributed by atoms with E-state index in [0.717, 1.165) is 120 Å². The van der Waals surface area contributed by atoms with Crippen LogP contribution in [0, 0.1) is 87.8 Å². The van der Waals surface area contributed by atoms with Crippen LogP contribution in [-0.2, 0) is 34.8 Å². The second-order valence-electron chi connectivity index (χ2n) is 44.3. The summed E-state index contributed by atoms with van der Waals surface area (Å²) in [5.74, 6) is 11.1. The zero-order valence-electron chi connectivity index (χ0n) is 88.3. The molecular formula is C114H178N10O11. The van der Waals surface area contributed by atoms with E-state index in [2.05, 4.69) is 204 Å². The van der Waals surface area contributed by atoms with E-state index >= 15 is 0 Å². The molecule has 750 valence electrons. The third kappa shape index (κ3) is 39.7. The fourth-order valence-electron chi connectivity index (χ4n) is 17.4.